The van der Waals surface area contributed by atoms with E-state index in [1.165, 1.54) is 47.0 Å². The van der Waals surface area contributed by atoms with Gasteiger partial charge in [0.15, 0.2) is 4.87 Å². The first-order chi connectivity index (χ1) is 13.2. The number of fused-ring (bicyclic) bond motifs is 2. The van der Waals surface area contributed by atoms with E-state index in [-0.39, 0.29) is 18.0 Å². The number of halogens is 2. The highest BCUT2D eigenvalue weighted by atomic mass is 32.2. The van der Waals surface area contributed by atoms with Crippen LogP contribution in [0.3, 0.4) is 0 Å². The maximum atomic E-state index is 14.2. The van der Waals surface area contributed by atoms with Crippen molar-refractivity contribution in [3.8, 4) is 0 Å². The molecule has 2 aromatic rings. The Morgan fingerprint density at radius 1 is 1.14 bits per heavy atom. The largest absolute Gasteiger partial charge is 0.310 e. The number of carbonyl (C=O) groups is 2. The maximum absolute atomic E-state index is 14.2. The van der Waals surface area contributed by atoms with E-state index in [2.05, 4.69) is 0 Å². The van der Waals surface area contributed by atoms with E-state index in [0.717, 1.165) is 6.07 Å². The van der Waals surface area contributed by atoms with Gasteiger partial charge in [-0.3, -0.25) is 9.59 Å². The number of hydrogen-bond acceptors (Lipinski definition) is 3. The lowest BCUT2D eigenvalue weighted by molar-refractivity contribution is -0.123. The van der Waals surface area contributed by atoms with Gasteiger partial charge in [0, 0.05) is 29.0 Å². The quantitative estimate of drug-likeness (QED) is 0.758. The zero-order valence-corrected chi connectivity index (χ0v) is 16.6. The number of nitrogens with zero attached hydrogens (tertiary/aromatic N) is 2. The SMILES string of the molecule is CCN1C(=O)[C@@]2(SC(C)(C)CN2C(=O)c2cccc(F)c2)c2cc(F)ccc21. The second kappa shape index (κ2) is 6.30. The summed E-state index contributed by atoms with van der Waals surface area (Å²) in [6, 6.07) is 9.65. The molecule has 0 saturated carbocycles. The lowest BCUT2D eigenvalue weighted by Gasteiger charge is -2.33. The molecule has 0 radical (unpaired) electrons. The summed E-state index contributed by atoms with van der Waals surface area (Å²) in [5, 5.41) is 0. The van der Waals surface area contributed by atoms with Crippen molar-refractivity contribution in [2.24, 2.45) is 0 Å². The fourth-order valence-corrected chi connectivity index (χ4v) is 5.79. The van der Waals surface area contributed by atoms with E-state index < -0.39 is 27.2 Å². The molecule has 0 N–H and O–H groups in total. The van der Waals surface area contributed by atoms with Crippen LogP contribution in [-0.2, 0) is 9.67 Å². The fraction of sp³-hybridized carbons (Fsp3) is 0.333. The second-order valence-electron chi connectivity index (χ2n) is 7.62. The van der Waals surface area contributed by atoms with E-state index in [1.807, 2.05) is 20.8 Å². The molecular formula is C21H20F2N2O2S. The molecule has 0 aliphatic carbocycles. The predicted octanol–water partition coefficient (Wildman–Crippen LogP) is 4.15. The van der Waals surface area contributed by atoms with Crippen molar-refractivity contribution in [3.05, 3.63) is 65.2 Å². The van der Waals surface area contributed by atoms with Crippen LogP contribution in [-0.4, -0.2) is 34.6 Å². The number of benzene rings is 2. The first-order valence-corrected chi connectivity index (χ1v) is 9.91. The van der Waals surface area contributed by atoms with Gasteiger partial charge < -0.3 is 9.80 Å². The average molecular weight is 402 g/mol. The summed E-state index contributed by atoms with van der Waals surface area (Å²) in [4.78, 5) is 28.6. The van der Waals surface area contributed by atoms with Gasteiger partial charge in [0.1, 0.15) is 11.6 Å². The van der Waals surface area contributed by atoms with E-state index in [0.29, 0.717) is 17.8 Å². The van der Waals surface area contributed by atoms with Gasteiger partial charge in [0.2, 0.25) is 0 Å². The Bertz CT molecular complexity index is 994. The third kappa shape index (κ3) is 2.64. The molecule has 2 aliphatic heterocycles. The number of carbonyl (C=O) groups excluding carboxylic acids is 2. The highest BCUT2D eigenvalue weighted by molar-refractivity contribution is 8.02. The van der Waals surface area contributed by atoms with Gasteiger partial charge in [-0.1, -0.05) is 6.07 Å². The van der Waals surface area contributed by atoms with Crippen LogP contribution in [0.5, 0.6) is 0 Å². The Morgan fingerprint density at radius 3 is 2.54 bits per heavy atom. The molecule has 0 bridgehead atoms. The normalized spacial score (nSPS) is 22.8. The van der Waals surface area contributed by atoms with Crippen LogP contribution in [0.4, 0.5) is 14.5 Å². The highest BCUT2D eigenvalue weighted by Gasteiger charge is 2.63. The van der Waals surface area contributed by atoms with Gasteiger partial charge >= 0.3 is 0 Å². The number of thioether (sulfide) groups is 1. The molecule has 1 spiro atoms. The summed E-state index contributed by atoms with van der Waals surface area (Å²) < 4.78 is 27.4. The Labute approximate surface area is 166 Å². The van der Waals surface area contributed by atoms with Crippen LogP contribution < -0.4 is 4.90 Å². The van der Waals surface area contributed by atoms with Crippen molar-refractivity contribution in [1.82, 2.24) is 4.90 Å². The first-order valence-electron chi connectivity index (χ1n) is 9.09. The van der Waals surface area contributed by atoms with E-state index in [4.69, 9.17) is 0 Å². The van der Waals surface area contributed by atoms with Crippen LogP contribution >= 0.6 is 11.8 Å². The van der Waals surface area contributed by atoms with Crippen molar-refractivity contribution in [3.63, 3.8) is 0 Å². The van der Waals surface area contributed by atoms with Gasteiger partial charge in [0.25, 0.3) is 11.8 Å². The summed E-state index contributed by atoms with van der Waals surface area (Å²) in [6.45, 7) is 6.42. The van der Waals surface area contributed by atoms with Crippen LogP contribution in [0.2, 0.25) is 0 Å². The number of likely N-dealkylation sites (N-methyl/N-ethyl adjacent to an activating group) is 1. The van der Waals surface area contributed by atoms with Gasteiger partial charge in [-0.25, -0.2) is 8.78 Å². The van der Waals surface area contributed by atoms with Crippen molar-refractivity contribution in [2.75, 3.05) is 18.0 Å². The topological polar surface area (TPSA) is 40.6 Å². The summed E-state index contributed by atoms with van der Waals surface area (Å²) in [5.41, 5.74) is 1.24. The highest BCUT2D eigenvalue weighted by Crippen LogP contribution is 2.59. The first kappa shape index (κ1) is 18.9. The van der Waals surface area contributed by atoms with Gasteiger partial charge in [-0.05, 0) is 57.2 Å². The standard InChI is InChI=1S/C21H20F2N2O2S/c1-4-24-17-9-8-15(23)11-16(17)21(19(24)27)25(12-20(2,3)28-21)18(26)13-6-5-7-14(22)10-13/h5-11H,4,12H2,1-3H3/t21-/m0/s1. The molecule has 4 rings (SSSR count). The molecule has 1 saturated heterocycles. The molecular weight excluding hydrogens is 382 g/mol. The fourth-order valence-electron chi connectivity index (χ4n) is 4.07. The molecule has 2 heterocycles. The van der Waals surface area contributed by atoms with Gasteiger partial charge in [-0.2, -0.15) is 0 Å². The Balaban J connectivity index is 1.92. The summed E-state index contributed by atoms with van der Waals surface area (Å²) >= 11 is 1.35. The summed E-state index contributed by atoms with van der Waals surface area (Å²) in [6.07, 6.45) is 0. The Morgan fingerprint density at radius 2 is 1.86 bits per heavy atom. The Kier molecular flexibility index (Phi) is 4.26. The monoisotopic (exact) mass is 402 g/mol. The predicted molar refractivity (Wildman–Crippen MR) is 105 cm³/mol. The van der Waals surface area contributed by atoms with E-state index >= 15 is 0 Å². The number of amides is 2. The van der Waals surface area contributed by atoms with E-state index in [9.17, 15) is 18.4 Å². The lowest BCUT2D eigenvalue weighted by atomic mass is 10.0. The summed E-state index contributed by atoms with van der Waals surface area (Å²) in [5.74, 6) is -1.70. The second-order valence-corrected chi connectivity index (χ2v) is 9.52. The average Bonchev–Trinajstić information content (AvgIpc) is 3.06. The van der Waals surface area contributed by atoms with Crippen LogP contribution in [0, 0.1) is 11.6 Å². The molecule has 0 aromatic heterocycles. The molecule has 1 fully saturated rings. The third-order valence-electron chi connectivity index (χ3n) is 5.13. The molecule has 2 aromatic carbocycles. The maximum Gasteiger partial charge on any atom is 0.268 e. The van der Waals surface area contributed by atoms with Crippen molar-refractivity contribution >= 4 is 29.3 Å². The minimum Gasteiger partial charge on any atom is -0.310 e. The minimum absolute atomic E-state index is 0.165. The molecule has 0 unspecified atom stereocenters. The van der Waals surface area contributed by atoms with E-state index in [1.54, 1.807) is 11.0 Å². The zero-order chi connectivity index (χ0) is 20.3. The number of hydrogen-bond donors (Lipinski definition) is 0. The summed E-state index contributed by atoms with van der Waals surface area (Å²) in [7, 11) is 0. The smallest absolute Gasteiger partial charge is 0.268 e. The van der Waals surface area contributed by atoms with Crippen molar-refractivity contribution in [1.29, 1.82) is 0 Å². The lowest BCUT2D eigenvalue weighted by Crippen LogP contribution is -2.50. The molecule has 1 atom stereocenters. The zero-order valence-electron chi connectivity index (χ0n) is 15.8. The van der Waals surface area contributed by atoms with Crippen molar-refractivity contribution < 1.29 is 18.4 Å². The molecule has 2 aliphatic rings. The number of anilines is 1. The Hall–Kier alpha value is -2.41. The van der Waals surface area contributed by atoms with Gasteiger partial charge in [-0.15, -0.1) is 11.8 Å². The molecule has 2 amide bonds. The van der Waals surface area contributed by atoms with Crippen molar-refractivity contribution in [2.45, 2.75) is 30.4 Å². The molecule has 4 nitrogen and oxygen atoms in total. The minimum atomic E-state index is -1.36. The molecule has 28 heavy (non-hydrogen) atoms. The van der Waals surface area contributed by atoms with Crippen LogP contribution in [0.1, 0.15) is 36.7 Å². The van der Waals surface area contributed by atoms with Crippen LogP contribution in [0.15, 0.2) is 42.5 Å². The van der Waals surface area contributed by atoms with Gasteiger partial charge in [0.05, 0.1) is 5.69 Å². The molecule has 7 heteroatoms. The number of rotatable bonds is 2. The molecule has 146 valence electrons. The third-order valence-corrected chi connectivity index (χ3v) is 6.72. The van der Waals surface area contributed by atoms with Crippen LogP contribution in [0.25, 0.3) is 0 Å².